The first-order valence-electron chi connectivity index (χ1n) is 3.06. The van der Waals surface area contributed by atoms with E-state index >= 15 is 0 Å². The number of halogens is 1. The van der Waals surface area contributed by atoms with Crippen molar-refractivity contribution in [2.75, 3.05) is 0 Å². The molecule has 11 heavy (non-hydrogen) atoms. The number of aliphatic hydroxyl groups excluding tert-OH is 1. The van der Waals surface area contributed by atoms with Gasteiger partial charge in [-0.1, -0.05) is 11.6 Å². The second-order valence-corrected chi connectivity index (χ2v) is 4.61. The Hall–Kier alpha value is -0.0900. The molecule has 2 aromatic heterocycles. The Bertz CT molecular complexity index is 335. The molecule has 2 rings (SSSR count). The van der Waals surface area contributed by atoms with Crippen LogP contribution in [0.5, 0.6) is 0 Å². The van der Waals surface area contributed by atoms with Gasteiger partial charge in [0, 0.05) is 9.40 Å². The van der Waals surface area contributed by atoms with Crippen LogP contribution in [0.3, 0.4) is 0 Å². The van der Waals surface area contributed by atoms with Gasteiger partial charge in [-0.15, -0.1) is 22.7 Å². The Labute approximate surface area is 76.9 Å². The third-order valence-corrected chi connectivity index (χ3v) is 3.90. The Morgan fingerprint density at radius 1 is 1.45 bits per heavy atom. The Morgan fingerprint density at radius 2 is 2.27 bits per heavy atom. The first-order chi connectivity index (χ1) is 5.27. The van der Waals surface area contributed by atoms with Crippen LogP contribution in [0.1, 0.15) is 10.4 Å². The van der Waals surface area contributed by atoms with Crippen molar-refractivity contribution in [1.29, 1.82) is 0 Å². The lowest BCUT2D eigenvalue weighted by Gasteiger charge is -1.92. The smallest absolute Gasteiger partial charge is 0.162 e. The second kappa shape index (κ2) is 2.75. The van der Waals surface area contributed by atoms with E-state index in [1.807, 2.05) is 17.5 Å². The van der Waals surface area contributed by atoms with Crippen LogP contribution in [0.4, 0.5) is 0 Å². The third kappa shape index (κ3) is 1.29. The summed E-state index contributed by atoms with van der Waals surface area (Å²) in [6.45, 7) is 0. The van der Waals surface area contributed by atoms with E-state index in [4.69, 9.17) is 16.7 Å². The molecule has 0 aliphatic rings. The molecule has 1 unspecified atom stereocenters. The highest BCUT2D eigenvalue weighted by Crippen LogP contribution is 2.34. The first kappa shape index (κ1) is 7.55. The van der Waals surface area contributed by atoms with E-state index in [1.54, 1.807) is 22.7 Å². The summed E-state index contributed by atoms with van der Waals surface area (Å²) in [6.07, 6.45) is 0. The average molecular weight is 205 g/mol. The summed E-state index contributed by atoms with van der Waals surface area (Å²) in [4.78, 5) is 0.827. The summed E-state index contributed by atoms with van der Waals surface area (Å²) in [5.74, 6) is 0. The van der Waals surface area contributed by atoms with Crippen molar-refractivity contribution >= 4 is 43.7 Å². The largest absolute Gasteiger partial charge is 0.373 e. The quantitative estimate of drug-likeness (QED) is 0.708. The van der Waals surface area contributed by atoms with Crippen LogP contribution in [-0.4, -0.2) is 5.11 Å². The normalized spacial score (nSPS) is 14.0. The van der Waals surface area contributed by atoms with Crippen LogP contribution in [0, 0.1) is 0 Å². The Balaban J connectivity index is 2.58. The van der Waals surface area contributed by atoms with Gasteiger partial charge in [-0.05, 0) is 17.5 Å². The number of fused-ring (bicyclic) bond motifs is 1. The van der Waals surface area contributed by atoms with Gasteiger partial charge in [0.2, 0.25) is 0 Å². The molecule has 0 radical (unpaired) electrons. The summed E-state index contributed by atoms with van der Waals surface area (Å²) in [5.41, 5.74) is -0.848. The SMILES string of the molecule is OC(Cl)c1cc2sccc2s1. The van der Waals surface area contributed by atoms with E-state index in [2.05, 4.69) is 0 Å². The first-order valence-corrected chi connectivity index (χ1v) is 5.20. The fourth-order valence-corrected chi connectivity index (χ4v) is 3.08. The van der Waals surface area contributed by atoms with Crippen molar-refractivity contribution < 1.29 is 5.11 Å². The minimum Gasteiger partial charge on any atom is -0.373 e. The van der Waals surface area contributed by atoms with E-state index in [0.29, 0.717) is 0 Å². The van der Waals surface area contributed by atoms with Crippen molar-refractivity contribution in [3.63, 3.8) is 0 Å². The molecular weight excluding hydrogens is 200 g/mol. The minimum atomic E-state index is -0.848. The third-order valence-electron chi connectivity index (χ3n) is 1.39. The lowest BCUT2D eigenvalue weighted by atomic mass is 10.4. The highest BCUT2D eigenvalue weighted by molar-refractivity contribution is 7.27. The molecule has 0 spiro atoms. The molecule has 58 valence electrons. The van der Waals surface area contributed by atoms with E-state index in [9.17, 15) is 0 Å². The molecule has 0 aliphatic carbocycles. The predicted molar refractivity (Wildman–Crippen MR) is 50.5 cm³/mol. The van der Waals surface area contributed by atoms with Gasteiger partial charge >= 0.3 is 0 Å². The zero-order chi connectivity index (χ0) is 7.84. The molecule has 0 aliphatic heterocycles. The molecule has 2 aromatic rings. The number of rotatable bonds is 1. The molecule has 1 nitrogen and oxygen atoms in total. The lowest BCUT2D eigenvalue weighted by molar-refractivity contribution is 0.267. The Kier molecular flexibility index (Phi) is 1.89. The van der Waals surface area contributed by atoms with Gasteiger partial charge in [-0.3, -0.25) is 0 Å². The van der Waals surface area contributed by atoms with Crippen LogP contribution in [0.15, 0.2) is 17.5 Å². The summed E-state index contributed by atoms with van der Waals surface area (Å²) in [7, 11) is 0. The van der Waals surface area contributed by atoms with Crippen molar-refractivity contribution in [2.24, 2.45) is 0 Å². The fraction of sp³-hybridized carbons (Fsp3) is 0.143. The summed E-state index contributed by atoms with van der Waals surface area (Å²) in [6, 6.07) is 3.97. The van der Waals surface area contributed by atoms with Crippen LogP contribution in [0.2, 0.25) is 0 Å². The van der Waals surface area contributed by atoms with Crippen molar-refractivity contribution in [1.82, 2.24) is 0 Å². The van der Waals surface area contributed by atoms with Gasteiger partial charge in [0.15, 0.2) is 5.56 Å². The van der Waals surface area contributed by atoms with E-state index in [-0.39, 0.29) is 0 Å². The van der Waals surface area contributed by atoms with Crippen LogP contribution >= 0.6 is 34.3 Å². The average Bonchev–Trinajstić information content (AvgIpc) is 2.40. The van der Waals surface area contributed by atoms with Crippen molar-refractivity contribution in [2.45, 2.75) is 5.56 Å². The predicted octanol–water partition coefficient (Wildman–Crippen LogP) is 3.19. The molecule has 0 saturated carbocycles. The molecule has 0 amide bonds. The number of alkyl halides is 1. The summed E-state index contributed by atoms with van der Waals surface area (Å²) < 4.78 is 2.40. The molecular formula is C7H5ClOS2. The highest BCUT2D eigenvalue weighted by Gasteiger charge is 2.07. The molecule has 4 heteroatoms. The topological polar surface area (TPSA) is 20.2 Å². The maximum absolute atomic E-state index is 9.02. The maximum Gasteiger partial charge on any atom is 0.162 e. The van der Waals surface area contributed by atoms with E-state index in [1.165, 1.54) is 9.40 Å². The Morgan fingerprint density at radius 3 is 2.91 bits per heavy atom. The van der Waals surface area contributed by atoms with Gasteiger partial charge in [-0.25, -0.2) is 0 Å². The van der Waals surface area contributed by atoms with Crippen LogP contribution in [0.25, 0.3) is 9.40 Å². The van der Waals surface area contributed by atoms with Gasteiger partial charge < -0.3 is 5.11 Å². The number of hydrogen-bond donors (Lipinski definition) is 1. The van der Waals surface area contributed by atoms with Crippen molar-refractivity contribution in [3.8, 4) is 0 Å². The van der Waals surface area contributed by atoms with Crippen molar-refractivity contribution in [3.05, 3.63) is 22.4 Å². The monoisotopic (exact) mass is 204 g/mol. The molecule has 0 aromatic carbocycles. The van der Waals surface area contributed by atoms with Gasteiger partial charge in [0.05, 0.1) is 4.88 Å². The van der Waals surface area contributed by atoms with Crippen LogP contribution < -0.4 is 0 Å². The maximum atomic E-state index is 9.02. The minimum absolute atomic E-state index is 0.827. The van der Waals surface area contributed by atoms with Gasteiger partial charge in [0.1, 0.15) is 0 Å². The molecule has 1 atom stereocenters. The number of thiophene rings is 2. The molecule has 0 bridgehead atoms. The van der Waals surface area contributed by atoms with Crippen LogP contribution in [-0.2, 0) is 0 Å². The molecule has 0 fully saturated rings. The fourth-order valence-electron chi connectivity index (χ4n) is 0.902. The van der Waals surface area contributed by atoms with Gasteiger partial charge in [0.25, 0.3) is 0 Å². The molecule has 2 heterocycles. The number of hydrogen-bond acceptors (Lipinski definition) is 3. The van der Waals surface area contributed by atoms with Gasteiger partial charge in [-0.2, -0.15) is 0 Å². The van der Waals surface area contributed by atoms with E-state index in [0.717, 1.165) is 4.88 Å². The standard InChI is InChI=1S/C7H5ClOS2/c8-7(9)6-3-5-4(11-6)1-2-10-5/h1-3,7,9H. The van der Waals surface area contributed by atoms with E-state index < -0.39 is 5.56 Å². The zero-order valence-electron chi connectivity index (χ0n) is 5.45. The summed E-state index contributed by atoms with van der Waals surface area (Å²) in [5, 5.41) is 11.1. The lowest BCUT2D eigenvalue weighted by Crippen LogP contribution is -1.78. The molecule has 1 N–H and O–H groups in total. The molecule has 0 saturated heterocycles. The second-order valence-electron chi connectivity index (χ2n) is 2.13. The number of aliphatic hydroxyl groups is 1. The zero-order valence-corrected chi connectivity index (χ0v) is 7.84. The highest BCUT2D eigenvalue weighted by atomic mass is 35.5. The summed E-state index contributed by atoms with van der Waals surface area (Å²) >= 11 is 8.71.